The lowest BCUT2D eigenvalue weighted by atomic mass is 10.2. The average molecular weight is 485 g/mol. The molecule has 0 aliphatic rings. The fourth-order valence-corrected chi connectivity index (χ4v) is 3.61. The van der Waals surface area contributed by atoms with Crippen molar-refractivity contribution in [1.29, 1.82) is 0 Å². The van der Waals surface area contributed by atoms with Gasteiger partial charge in [-0.3, -0.25) is 0 Å². The molecule has 1 N–H and O–H groups in total. The number of hydrogen-bond donors (Lipinski definition) is 1. The van der Waals surface area contributed by atoms with Gasteiger partial charge in [-0.05, 0) is 69.5 Å². The maximum absolute atomic E-state index is 13.3. The minimum Gasteiger partial charge on any atom is -0.493 e. The van der Waals surface area contributed by atoms with Crippen molar-refractivity contribution in [2.45, 2.75) is 13.2 Å². The number of methoxy groups -OCH3 is 1. The quantitative estimate of drug-likeness (QED) is 0.388. The molecule has 3 aromatic rings. The summed E-state index contributed by atoms with van der Waals surface area (Å²) < 4.78 is 25.5. The summed E-state index contributed by atoms with van der Waals surface area (Å²) in [5.41, 5.74) is 2.64. The molecule has 0 bridgehead atoms. The molecule has 0 fully saturated rings. The van der Waals surface area contributed by atoms with Crippen LogP contribution < -0.4 is 14.8 Å². The molecule has 0 saturated carbocycles. The van der Waals surface area contributed by atoms with E-state index in [0.29, 0.717) is 29.7 Å². The number of anilines is 1. The monoisotopic (exact) mass is 483 g/mol. The highest BCUT2D eigenvalue weighted by Gasteiger charge is 2.12. The van der Waals surface area contributed by atoms with Crippen molar-refractivity contribution in [3.05, 3.63) is 86.1 Å². The number of ether oxygens (including phenoxy) is 2. The van der Waals surface area contributed by atoms with Gasteiger partial charge >= 0.3 is 0 Å². The molecule has 0 radical (unpaired) electrons. The van der Waals surface area contributed by atoms with Gasteiger partial charge in [0.25, 0.3) is 0 Å². The highest BCUT2D eigenvalue weighted by atomic mass is 79.9. The summed E-state index contributed by atoms with van der Waals surface area (Å²) in [7, 11) is 1.59. The predicted molar refractivity (Wildman–Crippen MR) is 115 cm³/mol. The van der Waals surface area contributed by atoms with E-state index in [0.717, 1.165) is 21.3 Å². The number of rotatable bonds is 7. The largest absolute Gasteiger partial charge is 0.493 e. The number of nitrogens with one attached hydrogen (secondary N) is 1. The van der Waals surface area contributed by atoms with Gasteiger partial charge in [0.2, 0.25) is 0 Å². The topological polar surface area (TPSA) is 30.5 Å². The van der Waals surface area contributed by atoms with Crippen LogP contribution in [0.15, 0.2) is 59.1 Å². The van der Waals surface area contributed by atoms with Gasteiger partial charge in [-0.1, -0.05) is 35.3 Å². The van der Waals surface area contributed by atoms with Crippen LogP contribution in [0.5, 0.6) is 11.5 Å². The van der Waals surface area contributed by atoms with E-state index < -0.39 is 5.82 Å². The molecule has 28 heavy (non-hydrogen) atoms. The summed E-state index contributed by atoms with van der Waals surface area (Å²) in [6, 6.07) is 15.8. The van der Waals surface area contributed by atoms with Gasteiger partial charge in [-0.2, -0.15) is 0 Å². The third-order valence-corrected chi connectivity index (χ3v) is 5.09. The Bertz CT molecular complexity index is 985. The smallest absolute Gasteiger partial charge is 0.175 e. The molecular formula is C21H17BrCl2FNO2. The summed E-state index contributed by atoms with van der Waals surface area (Å²) in [4.78, 5) is 0. The molecule has 3 rings (SSSR count). The normalized spacial score (nSPS) is 10.6. The van der Waals surface area contributed by atoms with Crippen LogP contribution in [0.25, 0.3) is 0 Å². The van der Waals surface area contributed by atoms with Crippen LogP contribution in [0.1, 0.15) is 11.1 Å². The summed E-state index contributed by atoms with van der Waals surface area (Å²) in [5.74, 6) is 0.763. The zero-order valence-electron chi connectivity index (χ0n) is 14.9. The van der Waals surface area contributed by atoms with Crippen molar-refractivity contribution in [1.82, 2.24) is 0 Å². The first-order chi connectivity index (χ1) is 13.5. The molecule has 3 aromatic carbocycles. The van der Waals surface area contributed by atoms with Gasteiger partial charge in [-0.25, -0.2) is 4.39 Å². The minimum atomic E-state index is -0.446. The zero-order chi connectivity index (χ0) is 20.1. The second-order valence-electron chi connectivity index (χ2n) is 6.01. The molecule has 0 aromatic heterocycles. The third kappa shape index (κ3) is 5.31. The molecule has 146 valence electrons. The summed E-state index contributed by atoms with van der Waals surface area (Å²) in [6.07, 6.45) is 0. The van der Waals surface area contributed by atoms with Crippen LogP contribution in [-0.4, -0.2) is 7.11 Å². The Morgan fingerprint density at radius 1 is 1.04 bits per heavy atom. The fourth-order valence-electron chi connectivity index (χ4n) is 2.61. The van der Waals surface area contributed by atoms with Crippen LogP contribution in [0.4, 0.5) is 10.1 Å². The van der Waals surface area contributed by atoms with E-state index in [4.69, 9.17) is 32.7 Å². The van der Waals surface area contributed by atoms with Crippen molar-refractivity contribution in [2.24, 2.45) is 0 Å². The van der Waals surface area contributed by atoms with Crippen molar-refractivity contribution in [2.75, 3.05) is 12.4 Å². The van der Waals surface area contributed by atoms with Crippen LogP contribution in [0.3, 0.4) is 0 Å². The molecule has 0 heterocycles. The number of benzene rings is 3. The molecule has 7 heteroatoms. The summed E-state index contributed by atoms with van der Waals surface area (Å²) in [5, 5.41) is 3.95. The van der Waals surface area contributed by atoms with Crippen molar-refractivity contribution in [3.8, 4) is 11.5 Å². The fraction of sp³-hybridized carbons (Fsp3) is 0.143. The van der Waals surface area contributed by atoms with Gasteiger partial charge in [0.1, 0.15) is 12.4 Å². The van der Waals surface area contributed by atoms with Gasteiger partial charge in [-0.15, -0.1) is 0 Å². The Kier molecular flexibility index (Phi) is 7.05. The maximum atomic E-state index is 13.3. The maximum Gasteiger partial charge on any atom is 0.175 e. The van der Waals surface area contributed by atoms with Crippen molar-refractivity contribution < 1.29 is 13.9 Å². The van der Waals surface area contributed by atoms with Gasteiger partial charge < -0.3 is 14.8 Å². The molecule has 0 aliphatic heterocycles. The van der Waals surface area contributed by atoms with Gasteiger partial charge in [0.05, 0.1) is 16.6 Å². The Labute approximate surface area is 181 Å². The Morgan fingerprint density at radius 3 is 2.57 bits per heavy atom. The first-order valence-electron chi connectivity index (χ1n) is 8.39. The van der Waals surface area contributed by atoms with Gasteiger partial charge in [0.15, 0.2) is 11.5 Å². The summed E-state index contributed by atoms with van der Waals surface area (Å²) >= 11 is 15.4. The van der Waals surface area contributed by atoms with Crippen molar-refractivity contribution >= 4 is 44.8 Å². The molecule has 0 aliphatic carbocycles. The van der Waals surface area contributed by atoms with E-state index in [1.807, 2.05) is 36.4 Å². The van der Waals surface area contributed by atoms with Gasteiger partial charge in [0, 0.05) is 17.3 Å². The lowest BCUT2D eigenvalue weighted by Crippen LogP contribution is -2.03. The lowest BCUT2D eigenvalue weighted by Gasteiger charge is -2.15. The van der Waals surface area contributed by atoms with E-state index >= 15 is 0 Å². The molecule has 0 spiro atoms. The minimum absolute atomic E-state index is 0.0773. The van der Waals surface area contributed by atoms with Crippen LogP contribution in [-0.2, 0) is 13.2 Å². The molecule has 0 atom stereocenters. The SMILES string of the molecule is COc1cc(CNc2ccc(F)c(Cl)c2)cc(Br)c1OCc1cccc(Cl)c1. The highest BCUT2D eigenvalue weighted by Crippen LogP contribution is 2.37. The van der Waals surface area contributed by atoms with E-state index in [2.05, 4.69) is 21.2 Å². The first-order valence-corrected chi connectivity index (χ1v) is 9.93. The van der Waals surface area contributed by atoms with E-state index in [-0.39, 0.29) is 5.02 Å². The van der Waals surface area contributed by atoms with E-state index in [9.17, 15) is 4.39 Å². The Morgan fingerprint density at radius 2 is 1.86 bits per heavy atom. The second kappa shape index (κ2) is 9.50. The highest BCUT2D eigenvalue weighted by molar-refractivity contribution is 9.10. The Balaban J connectivity index is 1.72. The third-order valence-electron chi connectivity index (χ3n) is 3.98. The molecular weight excluding hydrogens is 468 g/mol. The standard InChI is InChI=1S/C21H17BrCl2FNO2/c1-27-20-9-14(11-26-16-5-6-19(25)18(24)10-16)8-17(22)21(20)28-12-13-3-2-4-15(23)7-13/h2-10,26H,11-12H2,1H3. The number of hydrogen-bond acceptors (Lipinski definition) is 3. The molecule has 0 unspecified atom stereocenters. The average Bonchev–Trinajstić information content (AvgIpc) is 2.67. The van der Waals surface area contributed by atoms with Crippen LogP contribution >= 0.6 is 39.1 Å². The van der Waals surface area contributed by atoms with Crippen molar-refractivity contribution in [3.63, 3.8) is 0 Å². The van der Waals surface area contributed by atoms with E-state index in [1.54, 1.807) is 19.2 Å². The summed E-state index contributed by atoms with van der Waals surface area (Å²) in [6.45, 7) is 0.868. The Hall–Kier alpha value is -1.95. The zero-order valence-corrected chi connectivity index (χ0v) is 18.0. The lowest BCUT2D eigenvalue weighted by molar-refractivity contribution is 0.282. The van der Waals surface area contributed by atoms with Crippen LogP contribution in [0.2, 0.25) is 10.0 Å². The second-order valence-corrected chi connectivity index (χ2v) is 7.71. The molecule has 0 amide bonds. The number of halogens is 4. The first kappa shape index (κ1) is 20.8. The van der Waals surface area contributed by atoms with Crippen LogP contribution in [0, 0.1) is 5.82 Å². The molecule has 0 saturated heterocycles. The molecule has 3 nitrogen and oxygen atoms in total. The van der Waals surface area contributed by atoms with E-state index in [1.165, 1.54) is 6.07 Å². The predicted octanol–water partition coefficient (Wildman–Crippen LogP) is 7.09.